The van der Waals surface area contributed by atoms with Crippen molar-refractivity contribution >= 4 is 11.6 Å². The van der Waals surface area contributed by atoms with E-state index in [2.05, 4.69) is 44.9 Å². The van der Waals surface area contributed by atoms with Gasteiger partial charge in [0.25, 0.3) is 5.91 Å². The lowest BCUT2D eigenvalue weighted by Gasteiger charge is -2.35. The van der Waals surface area contributed by atoms with E-state index in [0.29, 0.717) is 12.1 Å². The second kappa shape index (κ2) is 9.14. The van der Waals surface area contributed by atoms with E-state index in [0.717, 1.165) is 52.3 Å². The van der Waals surface area contributed by atoms with Crippen LogP contribution in [0.5, 0.6) is 5.75 Å². The number of nitrogens with one attached hydrogen (secondary N) is 2. The fourth-order valence-electron chi connectivity index (χ4n) is 5.20. The maximum Gasteiger partial charge on any atom is 0.252 e. The number of carbonyl (C=O) groups excluding carboxylic acids is 1. The molecule has 2 fully saturated rings. The average molecular weight is 460 g/mol. The number of hydrogen-bond acceptors (Lipinski definition) is 5. The number of carbonyl (C=O) groups is 1. The molecule has 7 nitrogen and oxygen atoms in total. The topological polar surface area (TPSA) is 71.4 Å². The van der Waals surface area contributed by atoms with E-state index < -0.39 is 0 Å². The Labute approximate surface area is 201 Å². The molecule has 5 rings (SSSR count). The van der Waals surface area contributed by atoms with Crippen molar-refractivity contribution in [3.05, 3.63) is 65.5 Å². The summed E-state index contributed by atoms with van der Waals surface area (Å²) in [5, 5.41) is 11.2. The van der Waals surface area contributed by atoms with Gasteiger partial charge in [-0.15, -0.1) is 0 Å². The summed E-state index contributed by atoms with van der Waals surface area (Å²) in [7, 11) is 3.56. The number of nitrogens with zero attached hydrogens (tertiary/aromatic N) is 3. The van der Waals surface area contributed by atoms with Crippen LogP contribution < -0.4 is 20.3 Å². The molecule has 0 radical (unpaired) electrons. The van der Waals surface area contributed by atoms with Crippen molar-refractivity contribution in [2.24, 2.45) is 7.05 Å². The average Bonchev–Trinajstić information content (AvgIpc) is 3.42. The molecular weight excluding hydrogens is 426 g/mol. The Bertz CT molecular complexity index is 1190. The maximum absolute atomic E-state index is 13.3. The van der Waals surface area contributed by atoms with Crippen LogP contribution in [0.25, 0.3) is 11.1 Å². The number of anilines is 1. The van der Waals surface area contributed by atoms with Gasteiger partial charge in [0.2, 0.25) is 0 Å². The zero-order chi connectivity index (χ0) is 23.8. The van der Waals surface area contributed by atoms with Gasteiger partial charge in [-0.2, -0.15) is 5.10 Å². The number of benzene rings is 2. The van der Waals surface area contributed by atoms with Gasteiger partial charge in [0.15, 0.2) is 0 Å². The van der Waals surface area contributed by atoms with Crippen LogP contribution in [0.1, 0.15) is 47.3 Å². The fourth-order valence-corrected chi connectivity index (χ4v) is 5.20. The Balaban J connectivity index is 1.35. The molecule has 1 amide bonds. The molecular formula is C27H33N5O2. The first-order valence-corrected chi connectivity index (χ1v) is 12.0. The predicted molar refractivity (Wildman–Crippen MR) is 134 cm³/mol. The molecule has 2 bridgehead atoms. The van der Waals surface area contributed by atoms with Gasteiger partial charge in [-0.25, -0.2) is 0 Å². The molecule has 0 aliphatic carbocycles. The van der Waals surface area contributed by atoms with Gasteiger partial charge < -0.3 is 20.3 Å². The van der Waals surface area contributed by atoms with Gasteiger partial charge in [-0.3, -0.25) is 9.48 Å². The summed E-state index contributed by atoms with van der Waals surface area (Å²) in [5.74, 6) is 0.729. The first-order valence-electron chi connectivity index (χ1n) is 12.0. The molecule has 2 N–H and O–H groups in total. The third kappa shape index (κ3) is 4.40. The van der Waals surface area contributed by atoms with Crippen molar-refractivity contribution in [1.29, 1.82) is 0 Å². The van der Waals surface area contributed by atoms with Crippen molar-refractivity contribution in [2.45, 2.75) is 44.8 Å². The number of ether oxygens (including phenoxy) is 1. The molecule has 3 aromatic rings. The van der Waals surface area contributed by atoms with Crippen LogP contribution in [0.4, 0.5) is 5.69 Å². The van der Waals surface area contributed by atoms with Crippen LogP contribution in [0, 0.1) is 6.92 Å². The summed E-state index contributed by atoms with van der Waals surface area (Å²) in [6.45, 7) is 6.01. The standard InChI is InChI=1S/C27H33N5O2/c1-17-5-9-23(32-15-21-7-8-22(16-32)30-21)12-24(17)27(33)29-18(2)19-6-10-26(34-4)25(11-19)20-13-28-31(3)14-20/h5-6,9-14,18,21-22,30H,7-8,15-16H2,1-4H3,(H,29,33)/t18-,21-,22+/m1/s1. The second-order valence-corrected chi connectivity index (χ2v) is 9.60. The Morgan fingerprint density at radius 1 is 1.18 bits per heavy atom. The molecule has 3 atom stereocenters. The number of fused-ring (bicyclic) bond motifs is 2. The Morgan fingerprint density at radius 3 is 2.62 bits per heavy atom. The minimum absolute atomic E-state index is 0.0521. The molecule has 34 heavy (non-hydrogen) atoms. The zero-order valence-electron chi connectivity index (χ0n) is 20.3. The first kappa shape index (κ1) is 22.5. The molecule has 3 heterocycles. The molecule has 2 saturated heterocycles. The van der Waals surface area contributed by atoms with Crippen molar-refractivity contribution in [2.75, 3.05) is 25.1 Å². The zero-order valence-corrected chi connectivity index (χ0v) is 20.3. The number of amides is 1. The van der Waals surface area contributed by atoms with Crippen molar-refractivity contribution in [3.8, 4) is 16.9 Å². The lowest BCUT2D eigenvalue weighted by molar-refractivity contribution is 0.0939. The van der Waals surface area contributed by atoms with Crippen LogP contribution in [0.15, 0.2) is 48.8 Å². The van der Waals surface area contributed by atoms with Crippen molar-refractivity contribution in [1.82, 2.24) is 20.4 Å². The van der Waals surface area contributed by atoms with E-state index >= 15 is 0 Å². The predicted octanol–water partition coefficient (Wildman–Crippen LogP) is 3.84. The fraction of sp³-hybridized carbons (Fsp3) is 0.407. The summed E-state index contributed by atoms with van der Waals surface area (Å²) in [6, 6.07) is 13.2. The lowest BCUT2D eigenvalue weighted by atomic mass is 10.00. The van der Waals surface area contributed by atoms with Gasteiger partial charge in [0, 0.05) is 60.8 Å². The van der Waals surface area contributed by atoms with Gasteiger partial charge >= 0.3 is 0 Å². The third-order valence-electron chi connectivity index (χ3n) is 7.13. The van der Waals surface area contributed by atoms with Crippen molar-refractivity contribution < 1.29 is 9.53 Å². The summed E-state index contributed by atoms with van der Waals surface area (Å²) in [5.41, 5.74) is 5.80. The molecule has 2 aliphatic heterocycles. The molecule has 0 spiro atoms. The van der Waals surface area contributed by atoms with Crippen LogP contribution in [0.2, 0.25) is 0 Å². The highest BCUT2D eigenvalue weighted by Gasteiger charge is 2.32. The van der Waals surface area contributed by atoms with E-state index in [9.17, 15) is 4.79 Å². The van der Waals surface area contributed by atoms with Gasteiger partial charge in [0.05, 0.1) is 19.3 Å². The van der Waals surface area contributed by atoms with E-state index in [-0.39, 0.29) is 11.9 Å². The normalized spacial score (nSPS) is 20.3. The van der Waals surface area contributed by atoms with E-state index in [1.165, 1.54) is 12.8 Å². The van der Waals surface area contributed by atoms with Gasteiger partial charge in [0.1, 0.15) is 5.75 Å². The lowest BCUT2D eigenvalue weighted by Crippen LogP contribution is -2.51. The SMILES string of the molecule is COc1ccc([C@@H](C)NC(=O)c2cc(N3C[C@H]4CC[C@@H](C3)N4)ccc2C)cc1-c1cnn(C)c1. The monoisotopic (exact) mass is 459 g/mol. The number of piperazine rings is 1. The molecule has 178 valence electrons. The molecule has 0 saturated carbocycles. The van der Waals surface area contributed by atoms with Crippen LogP contribution in [-0.2, 0) is 7.05 Å². The number of aryl methyl sites for hydroxylation is 2. The Hall–Kier alpha value is -3.32. The first-order chi connectivity index (χ1) is 16.4. The molecule has 7 heteroatoms. The van der Waals surface area contributed by atoms with Crippen molar-refractivity contribution in [3.63, 3.8) is 0 Å². The highest BCUT2D eigenvalue weighted by molar-refractivity contribution is 5.97. The molecule has 0 unspecified atom stereocenters. The number of rotatable bonds is 6. The molecule has 1 aromatic heterocycles. The van der Waals surface area contributed by atoms with E-state index in [4.69, 9.17) is 4.74 Å². The van der Waals surface area contributed by atoms with E-state index in [1.54, 1.807) is 11.8 Å². The quantitative estimate of drug-likeness (QED) is 0.586. The Kier molecular flexibility index (Phi) is 6.04. The summed E-state index contributed by atoms with van der Waals surface area (Å²) in [4.78, 5) is 15.7. The van der Waals surface area contributed by atoms with Gasteiger partial charge in [-0.1, -0.05) is 12.1 Å². The highest BCUT2D eigenvalue weighted by atomic mass is 16.5. The maximum atomic E-state index is 13.3. The van der Waals surface area contributed by atoms with Crippen LogP contribution in [0.3, 0.4) is 0 Å². The summed E-state index contributed by atoms with van der Waals surface area (Å²) < 4.78 is 7.34. The van der Waals surface area contributed by atoms with Crippen LogP contribution in [-0.4, -0.2) is 48.0 Å². The minimum atomic E-state index is -0.160. The molecule has 2 aromatic carbocycles. The largest absolute Gasteiger partial charge is 0.496 e. The third-order valence-corrected chi connectivity index (χ3v) is 7.13. The number of aromatic nitrogens is 2. The minimum Gasteiger partial charge on any atom is -0.496 e. The van der Waals surface area contributed by atoms with E-state index in [1.807, 2.05) is 45.4 Å². The van der Waals surface area contributed by atoms with Gasteiger partial charge in [-0.05, 0) is 62.1 Å². The summed E-state index contributed by atoms with van der Waals surface area (Å²) in [6.07, 6.45) is 6.26. The van der Waals surface area contributed by atoms with Crippen LogP contribution >= 0.6 is 0 Å². The Morgan fingerprint density at radius 2 is 1.94 bits per heavy atom. The summed E-state index contributed by atoms with van der Waals surface area (Å²) >= 11 is 0. The smallest absolute Gasteiger partial charge is 0.252 e. The second-order valence-electron chi connectivity index (χ2n) is 9.60. The highest BCUT2D eigenvalue weighted by Crippen LogP contribution is 2.33. The number of hydrogen-bond donors (Lipinski definition) is 2. The molecule has 2 aliphatic rings. The number of methoxy groups -OCH3 is 1.